The summed E-state index contributed by atoms with van der Waals surface area (Å²) < 4.78 is 6.34. The van der Waals surface area contributed by atoms with E-state index in [1.54, 1.807) is 18.4 Å². The highest BCUT2D eigenvalue weighted by molar-refractivity contribution is 7.18. The average molecular weight is 243 g/mol. The fraction of sp³-hybridized carbons (Fsp3) is 0.300. The Balaban J connectivity index is 2.46. The van der Waals surface area contributed by atoms with Gasteiger partial charge in [0.15, 0.2) is 0 Å². The second-order valence-electron chi connectivity index (χ2n) is 3.12. The van der Waals surface area contributed by atoms with Gasteiger partial charge in [-0.15, -0.1) is 11.3 Å². The molecule has 0 radical (unpaired) electrons. The number of fused-ring (bicyclic) bond motifs is 1. The number of halogens is 1. The zero-order valence-electron chi connectivity index (χ0n) is 8.24. The molecular weight excluding hydrogens is 232 g/mol. The maximum atomic E-state index is 5.88. The summed E-state index contributed by atoms with van der Waals surface area (Å²) in [5.74, 6) is 0. The van der Waals surface area contributed by atoms with E-state index >= 15 is 0 Å². The molecule has 0 saturated heterocycles. The molecule has 0 amide bonds. The maximum absolute atomic E-state index is 5.88. The molecule has 80 valence electrons. The molecule has 3 nitrogen and oxygen atoms in total. The molecule has 1 aromatic carbocycles. The molecular formula is C10H11ClN2OS. The van der Waals surface area contributed by atoms with E-state index in [2.05, 4.69) is 4.98 Å². The first-order chi connectivity index (χ1) is 7.24. The zero-order valence-corrected chi connectivity index (χ0v) is 9.81. The van der Waals surface area contributed by atoms with E-state index in [4.69, 9.17) is 22.1 Å². The molecule has 15 heavy (non-hydrogen) atoms. The van der Waals surface area contributed by atoms with Crippen LogP contribution < -0.4 is 5.73 Å². The van der Waals surface area contributed by atoms with Crippen LogP contribution in [0.1, 0.15) is 11.1 Å². The smallest absolute Gasteiger partial charge is 0.124 e. The maximum Gasteiger partial charge on any atom is 0.124 e. The van der Waals surface area contributed by atoms with Crippen molar-refractivity contribution in [3.05, 3.63) is 28.2 Å². The van der Waals surface area contributed by atoms with Crippen molar-refractivity contribution in [2.24, 2.45) is 5.73 Å². The number of ether oxygens (including phenoxy) is 1. The van der Waals surface area contributed by atoms with Gasteiger partial charge in [-0.05, 0) is 18.2 Å². The summed E-state index contributed by atoms with van der Waals surface area (Å²) in [5, 5.41) is 1.60. The van der Waals surface area contributed by atoms with Crippen LogP contribution in [0.15, 0.2) is 18.2 Å². The molecule has 1 aromatic heterocycles. The van der Waals surface area contributed by atoms with Gasteiger partial charge in [-0.3, -0.25) is 0 Å². The lowest BCUT2D eigenvalue weighted by atomic mass is 10.3. The molecule has 0 aliphatic carbocycles. The Labute approximate surface area is 96.8 Å². The van der Waals surface area contributed by atoms with Crippen molar-refractivity contribution in [1.82, 2.24) is 4.98 Å². The van der Waals surface area contributed by atoms with Crippen LogP contribution in [-0.4, -0.2) is 18.6 Å². The summed E-state index contributed by atoms with van der Waals surface area (Å²) in [6, 6.07) is 5.66. The number of rotatable bonds is 3. The minimum atomic E-state index is -0.124. The first-order valence-corrected chi connectivity index (χ1v) is 5.73. The molecule has 5 heteroatoms. The normalized spacial score (nSPS) is 13.3. The van der Waals surface area contributed by atoms with Crippen LogP contribution in [0.2, 0.25) is 5.02 Å². The Morgan fingerprint density at radius 1 is 1.60 bits per heavy atom. The summed E-state index contributed by atoms with van der Waals surface area (Å²) in [6.45, 7) is 0.435. The van der Waals surface area contributed by atoms with Crippen molar-refractivity contribution in [3.8, 4) is 0 Å². The Kier molecular flexibility index (Phi) is 3.21. The van der Waals surface area contributed by atoms with Gasteiger partial charge in [0.1, 0.15) is 11.1 Å². The van der Waals surface area contributed by atoms with E-state index in [0.717, 1.165) is 15.2 Å². The number of nitrogens with two attached hydrogens (primary N) is 1. The SMILES string of the molecule is COC(CN)c1nc2cc(Cl)ccc2s1. The average Bonchev–Trinajstić information content (AvgIpc) is 2.62. The van der Waals surface area contributed by atoms with Crippen LogP contribution in [0.3, 0.4) is 0 Å². The van der Waals surface area contributed by atoms with Crippen LogP contribution in [-0.2, 0) is 4.74 Å². The van der Waals surface area contributed by atoms with Crippen LogP contribution >= 0.6 is 22.9 Å². The van der Waals surface area contributed by atoms with Crippen molar-refractivity contribution < 1.29 is 4.74 Å². The third-order valence-corrected chi connectivity index (χ3v) is 3.50. The summed E-state index contributed by atoms with van der Waals surface area (Å²) >= 11 is 7.47. The van der Waals surface area contributed by atoms with Crippen molar-refractivity contribution in [2.75, 3.05) is 13.7 Å². The second kappa shape index (κ2) is 4.45. The number of aromatic nitrogens is 1. The molecule has 0 bridgehead atoms. The van der Waals surface area contributed by atoms with Crippen molar-refractivity contribution in [2.45, 2.75) is 6.10 Å². The van der Waals surface area contributed by atoms with Gasteiger partial charge < -0.3 is 10.5 Å². The second-order valence-corrected chi connectivity index (χ2v) is 4.62. The van der Waals surface area contributed by atoms with E-state index in [1.807, 2.05) is 18.2 Å². The fourth-order valence-electron chi connectivity index (χ4n) is 1.35. The molecule has 0 saturated carbocycles. The third kappa shape index (κ3) is 2.13. The number of methoxy groups -OCH3 is 1. The molecule has 2 aromatic rings. The molecule has 0 fully saturated rings. The minimum absolute atomic E-state index is 0.124. The highest BCUT2D eigenvalue weighted by atomic mass is 35.5. The lowest BCUT2D eigenvalue weighted by molar-refractivity contribution is 0.110. The summed E-state index contributed by atoms with van der Waals surface area (Å²) in [6.07, 6.45) is -0.124. The number of hydrogen-bond acceptors (Lipinski definition) is 4. The predicted octanol–water partition coefficient (Wildman–Crippen LogP) is 2.60. The van der Waals surface area contributed by atoms with E-state index in [0.29, 0.717) is 11.6 Å². The van der Waals surface area contributed by atoms with E-state index in [9.17, 15) is 0 Å². The first kappa shape index (κ1) is 10.8. The van der Waals surface area contributed by atoms with Gasteiger partial charge in [0.25, 0.3) is 0 Å². The monoisotopic (exact) mass is 242 g/mol. The van der Waals surface area contributed by atoms with Gasteiger partial charge in [-0.1, -0.05) is 11.6 Å². The third-order valence-electron chi connectivity index (χ3n) is 2.14. The minimum Gasteiger partial charge on any atom is -0.373 e. The molecule has 1 atom stereocenters. The lowest BCUT2D eigenvalue weighted by Gasteiger charge is -2.07. The first-order valence-electron chi connectivity index (χ1n) is 4.53. The predicted molar refractivity (Wildman–Crippen MR) is 63.4 cm³/mol. The lowest BCUT2D eigenvalue weighted by Crippen LogP contribution is -2.13. The summed E-state index contributed by atoms with van der Waals surface area (Å²) in [4.78, 5) is 4.44. The van der Waals surface area contributed by atoms with Gasteiger partial charge >= 0.3 is 0 Å². The van der Waals surface area contributed by atoms with Crippen LogP contribution in [0, 0.1) is 0 Å². The Morgan fingerprint density at radius 2 is 2.40 bits per heavy atom. The van der Waals surface area contributed by atoms with Gasteiger partial charge in [0.2, 0.25) is 0 Å². The highest BCUT2D eigenvalue weighted by Crippen LogP contribution is 2.29. The van der Waals surface area contributed by atoms with E-state index in [1.165, 1.54) is 0 Å². The van der Waals surface area contributed by atoms with Gasteiger partial charge in [0, 0.05) is 18.7 Å². The summed E-state index contributed by atoms with van der Waals surface area (Å²) in [5.41, 5.74) is 6.48. The van der Waals surface area contributed by atoms with Gasteiger partial charge in [-0.25, -0.2) is 4.98 Å². The summed E-state index contributed by atoms with van der Waals surface area (Å²) in [7, 11) is 1.64. The molecule has 0 aliphatic heterocycles. The fourth-order valence-corrected chi connectivity index (χ4v) is 2.56. The number of thiazole rings is 1. The standard InChI is InChI=1S/C10H11ClN2OS/c1-14-8(5-12)10-13-7-4-6(11)2-3-9(7)15-10/h2-4,8H,5,12H2,1H3. The molecule has 2 N–H and O–H groups in total. The molecule has 0 spiro atoms. The Bertz CT molecular complexity index is 467. The largest absolute Gasteiger partial charge is 0.373 e. The topological polar surface area (TPSA) is 48.1 Å². The molecule has 1 heterocycles. The molecule has 1 unspecified atom stereocenters. The van der Waals surface area contributed by atoms with Crippen molar-refractivity contribution in [1.29, 1.82) is 0 Å². The Morgan fingerprint density at radius 3 is 3.07 bits per heavy atom. The van der Waals surface area contributed by atoms with Crippen LogP contribution in [0.25, 0.3) is 10.2 Å². The quantitative estimate of drug-likeness (QED) is 0.900. The highest BCUT2D eigenvalue weighted by Gasteiger charge is 2.13. The molecule has 2 rings (SSSR count). The number of nitrogens with zero attached hydrogens (tertiary/aromatic N) is 1. The zero-order chi connectivity index (χ0) is 10.8. The van der Waals surface area contributed by atoms with Gasteiger partial charge in [0.05, 0.1) is 10.2 Å². The van der Waals surface area contributed by atoms with Crippen molar-refractivity contribution >= 4 is 33.2 Å². The van der Waals surface area contributed by atoms with Crippen LogP contribution in [0.4, 0.5) is 0 Å². The van der Waals surface area contributed by atoms with E-state index in [-0.39, 0.29) is 6.10 Å². The van der Waals surface area contributed by atoms with Crippen molar-refractivity contribution in [3.63, 3.8) is 0 Å². The van der Waals surface area contributed by atoms with Crippen LogP contribution in [0.5, 0.6) is 0 Å². The van der Waals surface area contributed by atoms with E-state index < -0.39 is 0 Å². The molecule has 0 aliphatic rings. The number of hydrogen-bond donors (Lipinski definition) is 1. The number of benzene rings is 1. The Hall–Kier alpha value is -0.680. The van der Waals surface area contributed by atoms with Gasteiger partial charge in [-0.2, -0.15) is 0 Å².